The molecule has 0 aromatic heterocycles. The fourth-order valence-corrected chi connectivity index (χ4v) is 2.18. The van der Waals surface area contributed by atoms with E-state index in [-0.39, 0.29) is 30.2 Å². The van der Waals surface area contributed by atoms with Crippen LogP contribution in [0.15, 0.2) is 18.2 Å². The molecule has 1 aliphatic heterocycles. The fraction of sp³-hybridized carbons (Fsp3) is 0.364. The topological polar surface area (TPSA) is 130 Å². The number of benzene rings is 1. The molecule has 1 aromatic carbocycles. The molecule has 0 aliphatic carbocycles. The van der Waals surface area contributed by atoms with Gasteiger partial charge in [-0.2, -0.15) is 0 Å². The molecular formula is C11H12N4O6. The summed E-state index contributed by atoms with van der Waals surface area (Å²) in [5.74, 6) is 0. The van der Waals surface area contributed by atoms with E-state index >= 15 is 0 Å². The van der Waals surface area contributed by atoms with Crippen LogP contribution in [0.5, 0.6) is 0 Å². The zero-order valence-corrected chi connectivity index (χ0v) is 10.8. The summed E-state index contributed by atoms with van der Waals surface area (Å²) in [5.41, 5.74) is -0.446. The Bertz CT molecular complexity index is 596. The van der Waals surface area contributed by atoms with Gasteiger partial charge in [-0.1, -0.05) is 0 Å². The Morgan fingerprint density at radius 1 is 1.10 bits per heavy atom. The van der Waals surface area contributed by atoms with Gasteiger partial charge in [0.1, 0.15) is 5.69 Å². The first-order valence-electron chi connectivity index (χ1n) is 6.06. The van der Waals surface area contributed by atoms with Gasteiger partial charge in [0.15, 0.2) is 0 Å². The lowest BCUT2D eigenvalue weighted by molar-refractivity contribution is -0.393. The smallest absolute Gasteiger partial charge is 0.407 e. The molecule has 0 unspecified atom stereocenters. The van der Waals surface area contributed by atoms with E-state index in [1.165, 1.54) is 17.0 Å². The van der Waals surface area contributed by atoms with Crippen molar-refractivity contribution in [1.82, 2.24) is 4.90 Å². The van der Waals surface area contributed by atoms with Crippen molar-refractivity contribution in [3.8, 4) is 0 Å². The molecule has 1 N–H and O–H groups in total. The molecule has 1 saturated heterocycles. The van der Waals surface area contributed by atoms with Crippen LogP contribution in [0.3, 0.4) is 0 Å². The van der Waals surface area contributed by atoms with Crippen molar-refractivity contribution >= 4 is 23.2 Å². The summed E-state index contributed by atoms with van der Waals surface area (Å²) in [6.07, 6.45) is -1.03. The molecule has 10 nitrogen and oxygen atoms in total. The zero-order valence-electron chi connectivity index (χ0n) is 10.8. The Labute approximate surface area is 118 Å². The zero-order chi connectivity index (χ0) is 15.6. The van der Waals surface area contributed by atoms with E-state index in [9.17, 15) is 25.0 Å². The Kier molecular flexibility index (Phi) is 3.87. The molecule has 1 aromatic rings. The minimum absolute atomic E-state index is 0.226. The highest BCUT2D eigenvalue weighted by Gasteiger charge is 2.27. The van der Waals surface area contributed by atoms with Crippen molar-refractivity contribution < 1.29 is 19.7 Å². The highest BCUT2D eigenvalue weighted by Crippen LogP contribution is 2.32. The first kappa shape index (κ1) is 14.5. The maximum Gasteiger partial charge on any atom is 0.407 e. The number of non-ortho nitro benzene ring substituents is 1. The van der Waals surface area contributed by atoms with Gasteiger partial charge in [-0.05, 0) is 6.07 Å². The van der Waals surface area contributed by atoms with Crippen LogP contribution in [0, 0.1) is 20.2 Å². The van der Waals surface area contributed by atoms with Crippen LogP contribution in [0.2, 0.25) is 0 Å². The van der Waals surface area contributed by atoms with Gasteiger partial charge in [-0.25, -0.2) is 4.79 Å². The van der Waals surface area contributed by atoms with Crippen molar-refractivity contribution in [1.29, 1.82) is 0 Å². The molecule has 1 aliphatic rings. The largest absolute Gasteiger partial charge is 0.465 e. The van der Waals surface area contributed by atoms with Crippen molar-refractivity contribution in [2.75, 3.05) is 31.1 Å². The van der Waals surface area contributed by atoms with Gasteiger partial charge in [0, 0.05) is 32.2 Å². The number of nitro groups is 2. The second-order valence-electron chi connectivity index (χ2n) is 4.44. The molecule has 10 heteroatoms. The van der Waals surface area contributed by atoms with Crippen LogP contribution >= 0.6 is 0 Å². The van der Waals surface area contributed by atoms with Crippen molar-refractivity contribution in [3.05, 3.63) is 38.4 Å². The van der Waals surface area contributed by atoms with Crippen LogP contribution in [0.1, 0.15) is 0 Å². The van der Waals surface area contributed by atoms with Crippen molar-refractivity contribution in [3.63, 3.8) is 0 Å². The Hall–Kier alpha value is -2.91. The van der Waals surface area contributed by atoms with E-state index in [2.05, 4.69) is 0 Å². The van der Waals surface area contributed by atoms with E-state index in [4.69, 9.17) is 5.11 Å². The summed E-state index contributed by atoms with van der Waals surface area (Å²) in [5, 5.41) is 30.6. The van der Waals surface area contributed by atoms with E-state index < -0.39 is 15.9 Å². The first-order chi connectivity index (χ1) is 9.90. The van der Waals surface area contributed by atoms with Crippen LogP contribution in [-0.4, -0.2) is 52.1 Å². The Morgan fingerprint density at radius 3 is 2.19 bits per heavy atom. The average molecular weight is 296 g/mol. The molecule has 112 valence electrons. The molecule has 0 saturated carbocycles. The van der Waals surface area contributed by atoms with Crippen LogP contribution < -0.4 is 4.90 Å². The van der Waals surface area contributed by atoms with Gasteiger partial charge < -0.3 is 14.9 Å². The van der Waals surface area contributed by atoms with Gasteiger partial charge in [0.25, 0.3) is 11.4 Å². The highest BCUT2D eigenvalue weighted by atomic mass is 16.6. The van der Waals surface area contributed by atoms with Crippen LogP contribution in [-0.2, 0) is 0 Å². The second-order valence-corrected chi connectivity index (χ2v) is 4.44. The van der Waals surface area contributed by atoms with Crippen molar-refractivity contribution in [2.24, 2.45) is 0 Å². The number of nitrogens with zero attached hydrogens (tertiary/aromatic N) is 4. The minimum atomic E-state index is -1.03. The second kappa shape index (κ2) is 5.61. The Balaban J connectivity index is 2.26. The number of carbonyl (C=O) groups is 1. The third kappa shape index (κ3) is 2.99. The molecule has 2 rings (SSSR count). The summed E-state index contributed by atoms with van der Waals surface area (Å²) < 4.78 is 0. The fourth-order valence-electron chi connectivity index (χ4n) is 2.18. The molecule has 0 spiro atoms. The van der Waals surface area contributed by atoms with E-state index in [1.807, 2.05) is 0 Å². The molecule has 1 amide bonds. The molecule has 21 heavy (non-hydrogen) atoms. The summed E-state index contributed by atoms with van der Waals surface area (Å²) >= 11 is 0. The van der Waals surface area contributed by atoms with E-state index in [0.29, 0.717) is 13.1 Å². The standard InChI is InChI=1S/C11H12N4O6/c16-11(17)13-5-3-12(4-6-13)9-2-1-8(14(18)19)7-10(9)15(20)21/h1-2,7H,3-6H2,(H,16,17). The van der Waals surface area contributed by atoms with Gasteiger partial charge in [0.05, 0.1) is 15.9 Å². The number of piperazine rings is 1. The first-order valence-corrected chi connectivity index (χ1v) is 6.06. The maximum atomic E-state index is 11.1. The number of nitro benzene ring substituents is 2. The summed E-state index contributed by atoms with van der Waals surface area (Å²) in [6, 6.07) is 3.44. The number of hydrogen-bond acceptors (Lipinski definition) is 6. The molecule has 1 fully saturated rings. The van der Waals surface area contributed by atoms with Crippen LogP contribution in [0.25, 0.3) is 0 Å². The SMILES string of the molecule is O=C(O)N1CCN(c2ccc([N+](=O)[O-])cc2[N+](=O)[O-])CC1. The normalized spacial score (nSPS) is 14.9. The van der Waals surface area contributed by atoms with Gasteiger partial charge >= 0.3 is 6.09 Å². The van der Waals surface area contributed by atoms with Gasteiger partial charge in [-0.3, -0.25) is 20.2 Å². The van der Waals surface area contributed by atoms with Crippen LogP contribution in [0.4, 0.5) is 21.9 Å². The number of hydrogen-bond donors (Lipinski definition) is 1. The summed E-state index contributed by atoms with van der Waals surface area (Å²) in [4.78, 5) is 34.1. The molecule has 1 heterocycles. The lowest BCUT2D eigenvalue weighted by Crippen LogP contribution is -2.48. The minimum Gasteiger partial charge on any atom is -0.465 e. The van der Waals surface area contributed by atoms with Crippen molar-refractivity contribution in [2.45, 2.75) is 0 Å². The average Bonchev–Trinajstić information content (AvgIpc) is 2.46. The highest BCUT2D eigenvalue weighted by molar-refractivity contribution is 5.68. The van der Waals surface area contributed by atoms with E-state index in [1.54, 1.807) is 4.90 Å². The third-order valence-corrected chi connectivity index (χ3v) is 3.26. The summed E-state index contributed by atoms with van der Waals surface area (Å²) in [7, 11) is 0. The molecular weight excluding hydrogens is 284 g/mol. The number of anilines is 1. The van der Waals surface area contributed by atoms with Gasteiger partial charge in [-0.15, -0.1) is 0 Å². The quantitative estimate of drug-likeness (QED) is 0.657. The lowest BCUT2D eigenvalue weighted by atomic mass is 10.2. The Morgan fingerprint density at radius 2 is 1.71 bits per heavy atom. The molecule has 0 atom stereocenters. The maximum absolute atomic E-state index is 11.1. The lowest BCUT2D eigenvalue weighted by Gasteiger charge is -2.34. The predicted molar refractivity (Wildman–Crippen MR) is 71.6 cm³/mol. The van der Waals surface area contributed by atoms with E-state index in [0.717, 1.165) is 6.07 Å². The molecule has 0 radical (unpaired) electrons. The number of rotatable bonds is 3. The molecule has 0 bridgehead atoms. The monoisotopic (exact) mass is 296 g/mol. The number of amides is 1. The van der Waals surface area contributed by atoms with Gasteiger partial charge in [0.2, 0.25) is 0 Å². The predicted octanol–water partition coefficient (Wildman–Crippen LogP) is 1.30. The summed E-state index contributed by atoms with van der Waals surface area (Å²) in [6.45, 7) is 1.04. The number of carboxylic acid groups (broad SMARTS) is 1. The third-order valence-electron chi connectivity index (χ3n) is 3.26.